The van der Waals surface area contributed by atoms with Gasteiger partial charge in [-0.2, -0.15) is 5.10 Å². The first-order valence-electron chi connectivity index (χ1n) is 8.33. The lowest BCUT2D eigenvalue weighted by molar-refractivity contribution is 0.285. The Balaban J connectivity index is 0.00000208. The molecule has 1 N–H and O–H groups in total. The maximum absolute atomic E-state index is 13.0. The van der Waals surface area contributed by atoms with Crippen LogP contribution in [0.1, 0.15) is 37.1 Å². The molecular formula is C18H25ClFN3O. The number of aromatic nitrogens is 2. The van der Waals surface area contributed by atoms with E-state index in [0.29, 0.717) is 12.4 Å². The number of nitrogens with one attached hydrogen (secondary N) is 1. The van der Waals surface area contributed by atoms with Crippen LogP contribution in [0.3, 0.4) is 0 Å². The monoisotopic (exact) mass is 353 g/mol. The van der Waals surface area contributed by atoms with Crippen molar-refractivity contribution in [3.05, 3.63) is 47.5 Å². The summed E-state index contributed by atoms with van der Waals surface area (Å²) in [6.07, 6.45) is 5.24. The Morgan fingerprint density at radius 3 is 2.62 bits per heavy atom. The van der Waals surface area contributed by atoms with Crippen LogP contribution < -0.4 is 10.1 Å². The van der Waals surface area contributed by atoms with E-state index in [1.54, 1.807) is 12.1 Å². The number of hydrogen-bond donors (Lipinski definition) is 1. The van der Waals surface area contributed by atoms with Crippen molar-refractivity contribution in [2.45, 2.75) is 45.4 Å². The van der Waals surface area contributed by atoms with Crippen molar-refractivity contribution in [2.24, 2.45) is 5.92 Å². The van der Waals surface area contributed by atoms with E-state index in [9.17, 15) is 4.39 Å². The molecule has 1 aromatic carbocycles. The summed E-state index contributed by atoms with van der Waals surface area (Å²) in [4.78, 5) is 0. The minimum atomic E-state index is -0.250. The minimum Gasteiger partial charge on any atom is -0.487 e. The molecular weight excluding hydrogens is 329 g/mol. The number of hydrogen-bond acceptors (Lipinski definition) is 3. The van der Waals surface area contributed by atoms with Crippen molar-refractivity contribution in [1.29, 1.82) is 0 Å². The summed E-state index contributed by atoms with van der Waals surface area (Å²) in [7, 11) is 1.92. The number of benzene rings is 1. The Kier molecular flexibility index (Phi) is 7.06. The lowest BCUT2D eigenvalue weighted by atomic mass is 10.1. The van der Waals surface area contributed by atoms with Gasteiger partial charge in [0.1, 0.15) is 18.2 Å². The molecule has 2 aromatic rings. The van der Waals surface area contributed by atoms with Crippen LogP contribution in [0.4, 0.5) is 4.39 Å². The lowest BCUT2D eigenvalue weighted by Crippen LogP contribution is -2.14. The summed E-state index contributed by atoms with van der Waals surface area (Å²) >= 11 is 0. The normalized spacial score (nSPS) is 14.6. The van der Waals surface area contributed by atoms with Crippen LogP contribution in [0, 0.1) is 11.7 Å². The van der Waals surface area contributed by atoms with Crippen molar-refractivity contribution in [3.63, 3.8) is 0 Å². The Labute approximate surface area is 148 Å². The zero-order chi connectivity index (χ0) is 16.1. The molecule has 1 aromatic heterocycles. The molecule has 1 heterocycles. The van der Waals surface area contributed by atoms with E-state index in [4.69, 9.17) is 9.84 Å². The van der Waals surface area contributed by atoms with Crippen LogP contribution in [0.5, 0.6) is 5.75 Å². The molecule has 3 rings (SSSR count). The third-order valence-corrected chi connectivity index (χ3v) is 4.38. The molecule has 0 aliphatic heterocycles. The summed E-state index contributed by atoms with van der Waals surface area (Å²) in [5.74, 6) is 1.15. The van der Waals surface area contributed by atoms with Crippen molar-refractivity contribution >= 4 is 12.4 Å². The topological polar surface area (TPSA) is 39.1 Å². The highest BCUT2D eigenvalue weighted by molar-refractivity contribution is 5.85. The zero-order valence-corrected chi connectivity index (χ0v) is 14.8. The van der Waals surface area contributed by atoms with Gasteiger partial charge in [-0.05, 0) is 56.1 Å². The number of halogens is 2. The van der Waals surface area contributed by atoms with Gasteiger partial charge in [-0.3, -0.25) is 4.68 Å². The van der Waals surface area contributed by atoms with E-state index < -0.39 is 0 Å². The summed E-state index contributed by atoms with van der Waals surface area (Å²) in [6, 6.07) is 8.23. The van der Waals surface area contributed by atoms with Gasteiger partial charge in [-0.15, -0.1) is 12.4 Å². The molecule has 0 bridgehead atoms. The van der Waals surface area contributed by atoms with Gasteiger partial charge >= 0.3 is 0 Å². The van der Waals surface area contributed by atoms with Gasteiger partial charge in [0.2, 0.25) is 0 Å². The second-order valence-corrected chi connectivity index (χ2v) is 6.23. The van der Waals surface area contributed by atoms with Crippen LogP contribution in [-0.2, 0) is 19.7 Å². The van der Waals surface area contributed by atoms with Crippen molar-refractivity contribution in [3.8, 4) is 5.75 Å². The molecule has 6 heteroatoms. The number of rotatable bonds is 7. The van der Waals surface area contributed by atoms with Crippen molar-refractivity contribution in [1.82, 2.24) is 15.1 Å². The molecule has 1 saturated carbocycles. The Morgan fingerprint density at radius 2 is 1.96 bits per heavy atom. The largest absolute Gasteiger partial charge is 0.487 e. The first kappa shape index (κ1) is 18.7. The molecule has 4 nitrogen and oxygen atoms in total. The van der Waals surface area contributed by atoms with Gasteiger partial charge in [0.05, 0.1) is 11.4 Å². The lowest BCUT2D eigenvalue weighted by Gasteiger charge is -2.13. The second kappa shape index (κ2) is 9.04. The van der Waals surface area contributed by atoms with E-state index in [0.717, 1.165) is 30.4 Å². The summed E-state index contributed by atoms with van der Waals surface area (Å²) in [5, 5.41) is 7.84. The minimum absolute atomic E-state index is 0. The van der Waals surface area contributed by atoms with Crippen LogP contribution in [0.15, 0.2) is 30.3 Å². The van der Waals surface area contributed by atoms with E-state index in [1.165, 1.54) is 37.8 Å². The third-order valence-electron chi connectivity index (χ3n) is 4.38. The third kappa shape index (κ3) is 4.95. The molecule has 0 saturated heterocycles. The highest BCUT2D eigenvalue weighted by atomic mass is 35.5. The standard InChI is InChI=1S/C18H24FN3O.ClH/c1-20-11-16-10-17(13-23-18-8-6-15(19)7-9-18)22(21-16)12-14-4-2-3-5-14;/h6-10,14,20H,2-5,11-13H2,1H3;1H. The molecule has 0 radical (unpaired) electrons. The molecule has 132 valence electrons. The first-order valence-corrected chi connectivity index (χ1v) is 8.33. The molecule has 0 spiro atoms. The summed E-state index contributed by atoms with van der Waals surface area (Å²) in [6.45, 7) is 2.17. The molecule has 0 amide bonds. The van der Waals surface area contributed by atoms with Crippen LogP contribution in [-0.4, -0.2) is 16.8 Å². The average Bonchev–Trinajstić information content (AvgIpc) is 3.18. The predicted molar refractivity (Wildman–Crippen MR) is 94.9 cm³/mol. The summed E-state index contributed by atoms with van der Waals surface area (Å²) in [5.41, 5.74) is 2.11. The van der Waals surface area contributed by atoms with Gasteiger partial charge in [0.15, 0.2) is 0 Å². The molecule has 1 aliphatic rings. The predicted octanol–water partition coefficient (Wildman–Crippen LogP) is 3.93. The highest BCUT2D eigenvalue weighted by Crippen LogP contribution is 2.26. The van der Waals surface area contributed by atoms with Gasteiger partial charge in [-0.25, -0.2) is 4.39 Å². The first-order chi connectivity index (χ1) is 11.2. The van der Waals surface area contributed by atoms with E-state index in [2.05, 4.69) is 16.1 Å². The maximum Gasteiger partial charge on any atom is 0.130 e. The van der Waals surface area contributed by atoms with Gasteiger partial charge in [0.25, 0.3) is 0 Å². The van der Waals surface area contributed by atoms with E-state index in [1.807, 2.05) is 7.05 Å². The average molecular weight is 354 g/mol. The molecule has 1 aliphatic carbocycles. The van der Waals surface area contributed by atoms with Gasteiger partial charge in [-0.1, -0.05) is 12.8 Å². The molecule has 0 atom stereocenters. The van der Waals surface area contributed by atoms with Crippen molar-refractivity contribution in [2.75, 3.05) is 7.05 Å². The highest BCUT2D eigenvalue weighted by Gasteiger charge is 2.18. The number of ether oxygens (including phenoxy) is 1. The molecule has 1 fully saturated rings. The zero-order valence-electron chi connectivity index (χ0n) is 14.0. The number of nitrogens with zero attached hydrogens (tertiary/aromatic N) is 2. The fraction of sp³-hybridized carbons (Fsp3) is 0.500. The SMILES string of the molecule is CNCc1cc(COc2ccc(F)cc2)n(CC2CCCC2)n1.Cl. The molecule has 0 unspecified atom stereocenters. The summed E-state index contributed by atoms with van der Waals surface area (Å²) < 4.78 is 20.8. The van der Waals surface area contributed by atoms with Gasteiger partial charge < -0.3 is 10.1 Å². The fourth-order valence-corrected chi connectivity index (χ4v) is 3.18. The smallest absolute Gasteiger partial charge is 0.130 e. The van der Waals surface area contributed by atoms with Crippen molar-refractivity contribution < 1.29 is 9.13 Å². The Morgan fingerprint density at radius 1 is 1.25 bits per heavy atom. The Bertz CT molecular complexity index is 624. The Hall–Kier alpha value is -1.59. The van der Waals surface area contributed by atoms with Gasteiger partial charge in [0, 0.05) is 13.1 Å². The van der Waals surface area contributed by atoms with E-state index >= 15 is 0 Å². The second-order valence-electron chi connectivity index (χ2n) is 6.23. The quantitative estimate of drug-likeness (QED) is 0.819. The van der Waals surface area contributed by atoms with Crippen LogP contribution >= 0.6 is 12.4 Å². The van der Waals surface area contributed by atoms with Crippen LogP contribution in [0.25, 0.3) is 0 Å². The van der Waals surface area contributed by atoms with E-state index in [-0.39, 0.29) is 18.2 Å². The van der Waals surface area contributed by atoms with Crippen LogP contribution in [0.2, 0.25) is 0 Å². The maximum atomic E-state index is 13.0. The molecule has 24 heavy (non-hydrogen) atoms. The fourth-order valence-electron chi connectivity index (χ4n) is 3.18.